The summed E-state index contributed by atoms with van der Waals surface area (Å²) in [6.07, 6.45) is 0.186. The van der Waals surface area contributed by atoms with Gasteiger partial charge in [-0.2, -0.15) is 4.31 Å². The van der Waals surface area contributed by atoms with Crippen LogP contribution in [0.25, 0.3) is 0 Å². The van der Waals surface area contributed by atoms with Gasteiger partial charge in [-0.15, -0.1) is 0 Å². The molecule has 31 heavy (non-hydrogen) atoms. The Kier molecular flexibility index (Phi) is 5.75. The third kappa shape index (κ3) is 4.17. The van der Waals surface area contributed by atoms with Gasteiger partial charge in [-0.1, -0.05) is 36.4 Å². The molecule has 3 aromatic rings. The second-order valence-corrected chi connectivity index (χ2v) is 9.07. The molecule has 0 saturated heterocycles. The molecular formula is C23H21FN2O4S. The molecule has 0 bridgehead atoms. The van der Waals surface area contributed by atoms with Crippen LogP contribution in [-0.2, 0) is 27.8 Å². The normalized spacial score (nSPS) is 16.4. The van der Waals surface area contributed by atoms with Gasteiger partial charge in [0.2, 0.25) is 15.9 Å². The average Bonchev–Trinajstić information content (AvgIpc) is 2.79. The molecule has 0 aromatic heterocycles. The minimum absolute atomic E-state index is 0.00755. The van der Waals surface area contributed by atoms with Gasteiger partial charge in [-0.3, -0.25) is 4.79 Å². The second-order valence-electron chi connectivity index (χ2n) is 7.18. The van der Waals surface area contributed by atoms with Crippen molar-refractivity contribution in [1.82, 2.24) is 4.31 Å². The van der Waals surface area contributed by atoms with Gasteiger partial charge >= 0.3 is 0 Å². The summed E-state index contributed by atoms with van der Waals surface area (Å²) in [4.78, 5) is 13.2. The number of para-hydroxylation sites is 1. The number of methoxy groups -OCH3 is 1. The number of sulfonamides is 1. The Bertz CT molecular complexity index is 1210. The van der Waals surface area contributed by atoms with Crippen molar-refractivity contribution in [3.05, 3.63) is 89.7 Å². The van der Waals surface area contributed by atoms with Crippen LogP contribution in [0.2, 0.25) is 0 Å². The van der Waals surface area contributed by atoms with Crippen molar-refractivity contribution in [2.24, 2.45) is 0 Å². The van der Waals surface area contributed by atoms with E-state index in [9.17, 15) is 17.6 Å². The van der Waals surface area contributed by atoms with Crippen LogP contribution in [-0.4, -0.2) is 31.8 Å². The van der Waals surface area contributed by atoms with Gasteiger partial charge in [0.05, 0.1) is 17.7 Å². The van der Waals surface area contributed by atoms with Crippen LogP contribution in [0.3, 0.4) is 0 Å². The number of hydrogen-bond donors (Lipinski definition) is 1. The van der Waals surface area contributed by atoms with Gasteiger partial charge in [0.1, 0.15) is 17.6 Å². The standard InChI is InChI=1S/C23H21FN2O4S/c1-30-18-10-12-19(13-11-18)31(28,29)26-15-17-7-3-2-6-16(17)14-22(26)23(27)25-21-9-5-4-8-20(21)24/h2-13,22H,14-15H2,1H3,(H,25,27)/t22-/m0/s1. The highest BCUT2D eigenvalue weighted by Crippen LogP contribution is 2.30. The molecule has 0 aliphatic carbocycles. The zero-order chi connectivity index (χ0) is 22.0. The number of anilines is 1. The van der Waals surface area contributed by atoms with E-state index in [1.807, 2.05) is 24.3 Å². The van der Waals surface area contributed by atoms with Crippen molar-refractivity contribution in [1.29, 1.82) is 0 Å². The van der Waals surface area contributed by atoms with E-state index < -0.39 is 27.8 Å². The Balaban J connectivity index is 1.71. The van der Waals surface area contributed by atoms with E-state index in [1.165, 1.54) is 41.7 Å². The molecule has 0 fully saturated rings. The maximum atomic E-state index is 14.1. The molecule has 1 amide bonds. The molecule has 3 aromatic carbocycles. The van der Waals surface area contributed by atoms with Gasteiger partial charge in [-0.05, 0) is 53.9 Å². The van der Waals surface area contributed by atoms with Gasteiger partial charge in [0, 0.05) is 6.54 Å². The first-order chi connectivity index (χ1) is 14.9. The number of carbonyl (C=O) groups excluding carboxylic acids is 1. The van der Waals surface area contributed by atoms with Crippen LogP contribution in [0.15, 0.2) is 77.7 Å². The molecule has 160 valence electrons. The van der Waals surface area contributed by atoms with Crippen molar-refractivity contribution < 1.29 is 22.3 Å². The lowest BCUT2D eigenvalue weighted by Crippen LogP contribution is -2.50. The molecular weight excluding hydrogens is 419 g/mol. The molecule has 1 aliphatic rings. The molecule has 4 rings (SSSR count). The summed E-state index contributed by atoms with van der Waals surface area (Å²) in [5.41, 5.74) is 1.72. The van der Waals surface area contributed by atoms with Gasteiger partial charge in [-0.25, -0.2) is 12.8 Å². The molecule has 8 heteroatoms. The molecule has 1 aliphatic heterocycles. The number of hydrogen-bond acceptors (Lipinski definition) is 4. The third-order valence-corrected chi connectivity index (χ3v) is 7.17. The topological polar surface area (TPSA) is 75.7 Å². The van der Waals surface area contributed by atoms with Crippen LogP contribution < -0.4 is 10.1 Å². The Hall–Kier alpha value is -3.23. The summed E-state index contributed by atoms with van der Waals surface area (Å²) in [5, 5.41) is 2.54. The van der Waals surface area contributed by atoms with E-state index in [4.69, 9.17) is 4.74 Å². The minimum Gasteiger partial charge on any atom is -0.497 e. The zero-order valence-electron chi connectivity index (χ0n) is 16.8. The molecule has 1 N–H and O–H groups in total. The summed E-state index contributed by atoms with van der Waals surface area (Å²) in [6, 6.07) is 18.1. The molecule has 0 spiro atoms. The Morgan fingerprint density at radius 1 is 1.00 bits per heavy atom. The van der Waals surface area contributed by atoms with Crippen molar-refractivity contribution >= 4 is 21.6 Å². The van der Waals surface area contributed by atoms with Gasteiger partial charge < -0.3 is 10.1 Å². The molecule has 0 unspecified atom stereocenters. The van der Waals surface area contributed by atoms with Crippen molar-refractivity contribution in [3.63, 3.8) is 0 Å². The fraction of sp³-hybridized carbons (Fsp3) is 0.174. The highest BCUT2D eigenvalue weighted by molar-refractivity contribution is 7.89. The Labute approximate surface area is 180 Å². The van der Waals surface area contributed by atoms with Crippen molar-refractivity contribution in [3.8, 4) is 5.75 Å². The first-order valence-electron chi connectivity index (χ1n) is 9.68. The number of fused-ring (bicyclic) bond motifs is 1. The quantitative estimate of drug-likeness (QED) is 0.658. The fourth-order valence-electron chi connectivity index (χ4n) is 3.64. The van der Waals surface area contributed by atoms with E-state index in [0.29, 0.717) is 5.75 Å². The lowest BCUT2D eigenvalue weighted by atomic mass is 9.95. The number of nitrogens with zero attached hydrogens (tertiary/aromatic N) is 1. The Morgan fingerprint density at radius 3 is 2.32 bits per heavy atom. The molecule has 6 nitrogen and oxygen atoms in total. The highest BCUT2D eigenvalue weighted by atomic mass is 32.2. The van der Waals surface area contributed by atoms with E-state index in [2.05, 4.69) is 5.32 Å². The third-order valence-electron chi connectivity index (χ3n) is 5.31. The smallest absolute Gasteiger partial charge is 0.244 e. The lowest BCUT2D eigenvalue weighted by molar-refractivity contribution is -0.120. The van der Waals surface area contributed by atoms with E-state index >= 15 is 0 Å². The number of rotatable bonds is 5. The Morgan fingerprint density at radius 2 is 1.65 bits per heavy atom. The van der Waals surface area contributed by atoms with E-state index in [0.717, 1.165) is 11.1 Å². The summed E-state index contributed by atoms with van der Waals surface area (Å²) < 4.78 is 47.3. The molecule has 0 radical (unpaired) electrons. The summed E-state index contributed by atoms with van der Waals surface area (Å²) >= 11 is 0. The van der Waals surface area contributed by atoms with Gasteiger partial charge in [0.25, 0.3) is 0 Å². The molecule has 1 heterocycles. The van der Waals surface area contributed by atoms with Crippen LogP contribution in [0.5, 0.6) is 5.75 Å². The van der Waals surface area contributed by atoms with Crippen LogP contribution in [0, 0.1) is 5.82 Å². The highest BCUT2D eigenvalue weighted by Gasteiger charge is 2.39. The number of carbonyl (C=O) groups is 1. The predicted octanol–water partition coefficient (Wildman–Crippen LogP) is 3.59. The monoisotopic (exact) mass is 440 g/mol. The number of amides is 1. The zero-order valence-corrected chi connectivity index (χ0v) is 17.6. The first-order valence-corrected chi connectivity index (χ1v) is 11.1. The maximum absolute atomic E-state index is 14.1. The van der Waals surface area contributed by atoms with Crippen molar-refractivity contribution in [2.75, 3.05) is 12.4 Å². The van der Waals surface area contributed by atoms with Gasteiger partial charge in [0.15, 0.2) is 0 Å². The SMILES string of the molecule is COc1ccc(S(=O)(=O)N2Cc3ccccc3C[C@H]2C(=O)Nc2ccccc2F)cc1. The number of halogens is 1. The number of benzene rings is 3. The summed E-state index contributed by atoms with van der Waals surface area (Å²) in [5.74, 6) is -0.648. The van der Waals surface area contributed by atoms with Crippen LogP contribution in [0.4, 0.5) is 10.1 Å². The maximum Gasteiger partial charge on any atom is 0.244 e. The lowest BCUT2D eigenvalue weighted by Gasteiger charge is -2.35. The summed E-state index contributed by atoms with van der Waals surface area (Å²) in [6.45, 7) is 0.0416. The minimum atomic E-state index is -4.00. The number of nitrogens with one attached hydrogen (secondary N) is 1. The second kappa shape index (κ2) is 8.49. The first kappa shape index (κ1) is 21.0. The largest absolute Gasteiger partial charge is 0.497 e. The van der Waals surface area contributed by atoms with E-state index in [1.54, 1.807) is 18.2 Å². The van der Waals surface area contributed by atoms with Crippen LogP contribution >= 0.6 is 0 Å². The predicted molar refractivity (Wildman–Crippen MR) is 115 cm³/mol. The molecule has 0 saturated carbocycles. The molecule has 1 atom stereocenters. The average molecular weight is 440 g/mol. The summed E-state index contributed by atoms with van der Waals surface area (Å²) in [7, 11) is -2.51. The van der Waals surface area contributed by atoms with E-state index in [-0.39, 0.29) is 23.5 Å². The van der Waals surface area contributed by atoms with Crippen molar-refractivity contribution in [2.45, 2.75) is 23.9 Å². The fourth-order valence-corrected chi connectivity index (χ4v) is 5.20. The van der Waals surface area contributed by atoms with Crippen LogP contribution in [0.1, 0.15) is 11.1 Å². The number of ether oxygens (including phenoxy) is 1.